The first kappa shape index (κ1) is 11.6. The highest BCUT2D eigenvalue weighted by Gasteiger charge is 2.25. The number of hydrogen-bond acceptors (Lipinski definition) is 3. The quantitative estimate of drug-likeness (QED) is 0.900. The molecule has 0 atom stereocenters. The Morgan fingerprint density at radius 2 is 2.33 bits per heavy atom. The van der Waals surface area contributed by atoms with Crippen molar-refractivity contribution >= 4 is 27.3 Å². The Morgan fingerprint density at radius 3 is 2.93 bits per heavy atom. The van der Waals surface area contributed by atoms with Crippen LogP contribution in [0.15, 0.2) is 15.9 Å². The molecule has 1 saturated heterocycles. The molecule has 1 aromatic heterocycles. The molecule has 0 radical (unpaired) electrons. The lowest BCUT2D eigenvalue weighted by molar-refractivity contribution is 0.149. The van der Waals surface area contributed by atoms with Crippen LogP contribution in [-0.2, 0) is 6.54 Å². The maximum absolute atomic E-state index is 3.53. The summed E-state index contributed by atoms with van der Waals surface area (Å²) < 4.78 is 1.23. The van der Waals surface area contributed by atoms with Gasteiger partial charge in [0, 0.05) is 36.6 Å². The second-order valence-corrected chi connectivity index (χ2v) is 7.27. The van der Waals surface area contributed by atoms with E-state index in [2.05, 4.69) is 52.1 Å². The molecule has 0 aromatic carbocycles. The van der Waals surface area contributed by atoms with Gasteiger partial charge in [0.15, 0.2) is 0 Å². The summed E-state index contributed by atoms with van der Waals surface area (Å²) in [6.07, 6.45) is 0. The van der Waals surface area contributed by atoms with E-state index in [0.717, 1.165) is 26.2 Å². The topological polar surface area (TPSA) is 15.3 Å². The van der Waals surface area contributed by atoms with Gasteiger partial charge in [0.05, 0.1) is 3.79 Å². The zero-order chi connectivity index (χ0) is 10.9. The van der Waals surface area contributed by atoms with Crippen molar-refractivity contribution in [2.75, 3.05) is 19.6 Å². The zero-order valence-electron chi connectivity index (χ0n) is 9.22. The molecule has 0 unspecified atom stereocenters. The van der Waals surface area contributed by atoms with Gasteiger partial charge in [-0.25, -0.2) is 0 Å². The van der Waals surface area contributed by atoms with E-state index in [1.807, 2.05) is 11.3 Å². The number of hydrogen-bond donors (Lipinski definition) is 1. The summed E-state index contributed by atoms with van der Waals surface area (Å²) in [5.41, 5.74) is 0.257. The maximum atomic E-state index is 3.53. The van der Waals surface area contributed by atoms with Gasteiger partial charge in [-0.2, -0.15) is 0 Å². The van der Waals surface area contributed by atoms with Crippen LogP contribution < -0.4 is 5.32 Å². The van der Waals surface area contributed by atoms with E-state index in [9.17, 15) is 0 Å². The Morgan fingerprint density at radius 1 is 1.53 bits per heavy atom. The predicted octanol–water partition coefficient (Wildman–Crippen LogP) is 2.69. The molecule has 0 aliphatic carbocycles. The Labute approximate surface area is 104 Å². The van der Waals surface area contributed by atoms with Crippen LogP contribution in [0.4, 0.5) is 0 Å². The average Bonchev–Trinajstić information content (AvgIpc) is 2.49. The molecule has 0 spiro atoms. The molecular weight excluding hydrogens is 272 g/mol. The first-order valence-electron chi connectivity index (χ1n) is 5.27. The molecule has 0 amide bonds. The lowest BCUT2D eigenvalue weighted by Crippen LogP contribution is -2.56. The van der Waals surface area contributed by atoms with Crippen LogP contribution >= 0.6 is 27.3 Å². The van der Waals surface area contributed by atoms with Crippen molar-refractivity contribution in [2.45, 2.75) is 25.9 Å². The van der Waals surface area contributed by atoms with Crippen LogP contribution in [0, 0.1) is 0 Å². The van der Waals surface area contributed by atoms with E-state index in [1.54, 1.807) is 0 Å². The molecule has 2 heterocycles. The van der Waals surface area contributed by atoms with Crippen molar-refractivity contribution < 1.29 is 0 Å². The van der Waals surface area contributed by atoms with Crippen LogP contribution in [0.2, 0.25) is 0 Å². The SMILES string of the molecule is CC1(C)CN(Cc2ccc(Br)s2)CCN1. The van der Waals surface area contributed by atoms with Gasteiger partial charge in [0.1, 0.15) is 0 Å². The van der Waals surface area contributed by atoms with Crippen LogP contribution in [-0.4, -0.2) is 30.1 Å². The summed E-state index contributed by atoms with van der Waals surface area (Å²) in [5, 5.41) is 3.53. The zero-order valence-corrected chi connectivity index (χ0v) is 11.6. The van der Waals surface area contributed by atoms with E-state index in [4.69, 9.17) is 0 Å². The molecule has 2 rings (SSSR count). The smallest absolute Gasteiger partial charge is 0.0701 e. The summed E-state index contributed by atoms with van der Waals surface area (Å²) in [5.74, 6) is 0. The maximum Gasteiger partial charge on any atom is 0.0701 e. The number of halogens is 1. The van der Waals surface area contributed by atoms with E-state index in [1.165, 1.54) is 8.66 Å². The Kier molecular flexibility index (Phi) is 3.50. The van der Waals surface area contributed by atoms with Crippen LogP contribution in [0.5, 0.6) is 0 Å². The summed E-state index contributed by atoms with van der Waals surface area (Å²) in [4.78, 5) is 3.97. The molecule has 2 nitrogen and oxygen atoms in total. The Balaban J connectivity index is 1.95. The number of nitrogens with one attached hydrogen (secondary N) is 1. The molecule has 1 N–H and O–H groups in total. The second-order valence-electron chi connectivity index (χ2n) is 4.73. The number of nitrogens with zero attached hydrogens (tertiary/aromatic N) is 1. The van der Waals surface area contributed by atoms with E-state index >= 15 is 0 Å². The fourth-order valence-electron chi connectivity index (χ4n) is 2.04. The van der Waals surface area contributed by atoms with Crippen molar-refractivity contribution in [3.05, 3.63) is 20.8 Å². The molecule has 15 heavy (non-hydrogen) atoms. The lowest BCUT2D eigenvalue weighted by Gasteiger charge is -2.38. The minimum atomic E-state index is 0.257. The van der Waals surface area contributed by atoms with Gasteiger partial charge < -0.3 is 5.32 Å². The van der Waals surface area contributed by atoms with Crippen LogP contribution in [0.3, 0.4) is 0 Å². The van der Waals surface area contributed by atoms with Crippen molar-refractivity contribution in [3.8, 4) is 0 Å². The van der Waals surface area contributed by atoms with Gasteiger partial charge in [-0.15, -0.1) is 11.3 Å². The number of piperazine rings is 1. The molecule has 0 bridgehead atoms. The fraction of sp³-hybridized carbons (Fsp3) is 0.636. The molecular formula is C11H17BrN2S. The summed E-state index contributed by atoms with van der Waals surface area (Å²) >= 11 is 5.34. The normalized spacial score (nSPS) is 21.8. The van der Waals surface area contributed by atoms with Gasteiger partial charge in [0.2, 0.25) is 0 Å². The third kappa shape index (κ3) is 3.28. The van der Waals surface area contributed by atoms with E-state index in [0.29, 0.717) is 0 Å². The van der Waals surface area contributed by atoms with Gasteiger partial charge in [0.25, 0.3) is 0 Å². The molecule has 84 valence electrons. The minimum absolute atomic E-state index is 0.257. The second kappa shape index (κ2) is 4.53. The predicted molar refractivity (Wildman–Crippen MR) is 69.4 cm³/mol. The standard InChI is InChI=1S/C11H17BrN2S/c1-11(2)8-14(6-5-13-11)7-9-3-4-10(12)15-9/h3-4,13H,5-8H2,1-2H3. The van der Waals surface area contributed by atoms with Crippen molar-refractivity contribution in [1.82, 2.24) is 10.2 Å². The van der Waals surface area contributed by atoms with Crippen molar-refractivity contribution in [3.63, 3.8) is 0 Å². The first-order chi connectivity index (χ1) is 7.05. The third-order valence-corrected chi connectivity index (χ3v) is 4.27. The van der Waals surface area contributed by atoms with E-state index < -0.39 is 0 Å². The molecule has 1 fully saturated rings. The van der Waals surface area contributed by atoms with Crippen molar-refractivity contribution in [2.24, 2.45) is 0 Å². The lowest BCUT2D eigenvalue weighted by atomic mass is 10.0. The summed E-state index contributed by atoms with van der Waals surface area (Å²) in [6, 6.07) is 4.34. The molecule has 1 aliphatic heterocycles. The Hall–Kier alpha value is 0.1000. The first-order valence-corrected chi connectivity index (χ1v) is 6.88. The van der Waals surface area contributed by atoms with E-state index in [-0.39, 0.29) is 5.54 Å². The fourth-order valence-corrected chi connectivity index (χ4v) is 3.56. The van der Waals surface area contributed by atoms with Crippen LogP contribution in [0.1, 0.15) is 18.7 Å². The highest BCUT2D eigenvalue weighted by molar-refractivity contribution is 9.11. The van der Waals surface area contributed by atoms with Crippen molar-refractivity contribution in [1.29, 1.82) is 0 Å². The number of rotatable bonds is 2. The van der Waals surface area contributed by atoms with Crippen LogP contribution in [0.25, 0.3) is 0 Å². The third-order valence-electron chi connectivity index (χ3n) is 2.66. The monoisotopic (exact) mass is 288 g/mol. The molecule has 1 aliphatic rings. The largest absolute Gasteiger partial charge is 0.309 e. The molecule has 1 aromatic rings. The minimum Gasteiger partial charge on any atom is -0.309 e. The summed E-state index contributed by atoms with van der Waals surface area (Å²) in [7, 11) is 0. The summed E-state index contributed by atoms with van der Waals surface area (Å²) in [6.45, 7) is 9.00. The average molecular weight is 289 g/mol. The van der Waals surface area contributed by atoms with Gasteiger partial charge >= 0.3 is 0 Å². The van der Waals surface area contributed by atoms with Gasteiger partial charge in [-0.3, -0.25) is 4.90 Å². The highest BCUT2D eigenvalue weighted by atomic mass is 79.9. The molecule has 4 heteroatoms. The molecule has 0 saturated carbocycles. The Bertz CT molecular complexity index is 335. The van der Waals surface area contributed by atoms with Gasteiger partial charge in [-0.05, 0) is 41.9 Å². The number of thiophene rings is 1. The van der Waals surface area contributed by atoms with Gasteiger partial charge in [-0.1, -0.05) is 0 Å². The highest BCUT2D eigenvalue weighted by Crippen LogP contribution is 2.24.